The Labute approximate surface area is 248 Å². The summed E-state index contributed by atoms with van der Waals surface area (Å²) in [7, 11) is 0. The molecule has 0 saturated heterocycles. The van der Waals surface area contributed by atoms with Crippen molar-refractivity contribution >= 4 is 50.7 Å². The highest BCUT2D eigenvalue weighted by Crippen LogP contribution is 2.31. The van der Waals surface area contributed by atoms with Crippen molar-refractivity contribution in [3.8, 4) is 11.5 Å². The lowest BCUT2D eigenvalue weighted by Gasteiger charge is -2.20. The molecule has 0 bridgehead atoms. The molecule has 0 saturated carbocycles. The number of hydrogen-bond donors (Lipinski definition) is 1. The van der Waals surface area contributed by atoms with Crippen molar-refractivity contribution in [1.29, 1.82) is 5.41 Å². The molecular formula is C33H31N5O3S. The molecule has 1 N–H and O–H groups in total. The lowest BCUT2D eigenvalue weighted by Crippen LogP contribution is -2.35. The maximum Gasteiger partial charge on any atom is 0.283 e. The Morgan fingerprint density at radius 3 is 2.60 bits per heavy atom. The quantitative estimate of drug-likeness (QED) is 0.206. The molecule has 3 heterocycles. The Morgan fingerprint density at radius 2 is 1.76 bits per heavy atom. The number of hydrazone groups is 1. The van der Waals surface area contributed by atoms with Crippen LogP contribution in [0.25, 0.3) is 17.0 Å². The lowest BCUT2D eigenvalue weighted by molar-refractivity contribution is -0.114. The van der Waals surface area contributed by atoms with Crippen LogP contribution in [0.5, 0.6) is 11.5 Å². The van der Waals surface area contributed by atoms with Gasteiger partial charge in [-0.15, -0.1) is 0 Å². The van der Waals surface area contributed by atoms with E-state index >= 15 is 0 Å². The summed E-state index contributed by atoms with van der Waals surface area (Å²) in [4.78, 5) is 17.3. The summed E-state index contributed by atoms with van der Waals surface area (Å²) < 4.78 is 14.2. The third-order valence-electron chi connectivity index (χ3n) is 7.37. The summed E-state index contributed by atoms with van der Waals surface area (Å²) in [5, 5.41) is 16.7. The van der Waals surface area contributed by atoms with Crippen molar-refractivity contribution in [3.63, 3.8) is 0 Å². The van der Waals surface area contributed by atoms with Gasteiger partial charge in [-0.2, -0.15) is 15.1 Å². The molecular weight excluding hydrogens is 546 g/mol. The number of fused-ring (bicyclic) bond motifs is 2. The van der Waals surface area contributed by atoms with E-state index in [1.54, 1.807) is 6.08 Å². The normalized spacial score (nSPS) is 16.4. The number of hydrogen-bond acceptors (Lipinski definition) is 6. The van der Waals surface area contributed by atoms with Gasteiger partial charge in [-0.25, -0.2) is 0 Å². The number of aromatic nitrogens is 1. The first kappa shape index (κ1) is 27.5. The molecule has 0 radical (unpaired) electrons. The van der Waals surface area contributed by atoms with Gasteiger partial charge in [0, 0.05) is 22.7 Å². The third kappa shape index (κ3) is 5.60. The zero-order valence-electron chi connectivity index (χ0n) is 23.5. The molecule has 3 aromatic carbocycles. The van der Waals surface area contributed by atoms with Crippen LogP contribution in [0.4, 0.5) is 0 Å². The van der Waals surface area contributed by atoms with E-state index in [1.807, 2.05) is 66.9 Å². The number of aliphatic imine (C=N–C) groups is 1. The SMILES string of the molecule is CC[C@@H](C)c1ccccc1OCCn1cc(/C=C2/C(=N)N3N=C(COc4ccccc4)SC3=NC2=O)c2ccccc21. The second-order valence-electron chi connectivity index (χ2n) is 10.1. The number of rotatable bonds is 10. The fourth-order valence-corrected chi connectivity index (χ4v) is 5.77. The Bertz CT molecular complexity index is 1740. The van der Waals surface area contributed by atoms with E-state index in [0.717, 1.165) is 34.4 Å². The largest absolute Gasteiger partial charge is 0.491 e. The van der Waals surface area contributed by atoms with E-state index < -0.39 is 5.91 Å². The average molecular weight is 578 g/mol. The van der Waals surface area contributed by atoms with Gasteiger partial charge in [-0.1, -0.05) is 68.4 Å². The van der Waals surface area contributed by atoms with Crippen LogP contribution in [0.2, 0.25) is 0 Å². The van der Waals surface area contributed by atoms with Crippen molar-refractivity contribution < 1.29 is 14.3 Å². The summed E-state index contributed by atoms with van der Waals surface area (Å²) >= 11 is 1.24. The maximum atomic E-state index is 13.1. The molecule has 1 aromatic heterocycles. The minimum Gasteiger partial charge on any atom is -0.491 e. The van der Waals surface area contributed by atoms with Crippen molar-refractivity contribution in [1.82, 2.24) is 9.58 Å². The number of nitrogens with one attached hydrogen (secondary N) is 1. The Balaban J connectivity index is 1.21. The molecule has 8 nitrogen and oxygen atoms in total. The summed E-state index contributed by atoms with van der Waals surface area (Å²) in [6.07, 6.45) is 4.79. The Morgan fingerprint density at radius 1 is 1.00 bits per heavy atom. The van der Waals surface area contributed by atoms with Crippen LogP contribution < -0.4 is 9.47 Å². The number of thioether (sulfide) groups is 1. The number of nitrogens with zero attached hydrogens (tertiary/aromatic N) is 4. The van der Waals surface area contributed by atoms with Gasteiger partial charge in [0.05, 0.1) is 12.1 Å². The fourth-order valence-electron chi connectivity index (χ4n) is 4.98. The predicted octanol–water partition coefficient (Wildman–Crippen LogP) is 6.93. The predicted molar refractivity (Wildman–Crippen MR) is 170 cm³/mol. The highest BCUT2D eigenvalue weighted by Gasteiger charge is 2.36. The number of ether oxygens (including phenoxy) is 2. The average Bonchev–Trinajstić information content (AvgIpc) is 3.59. The molecule has 212 valence electrons. The van der Waals surface area contributed by atoms with Gasteiger partial charge in [-0.3, -0.25) is 10.2 Å². The molecule has 2 aliphatic rings. The zero-order chi connectivity index (χ0) is 29.1. The Hall–Kier alpha value is -4.63. The van der Waals surface area contributed by atoms with Crippen molar-refractivity contribution in [3.05, 3.63) is 102 Å². The first-order valence-corrected chi connectivity index (χ1v) is 14.8. The summed E-state index contributed by atoms with van der Waals surface area (Å²) in [6, 6.07) is 25.7. The van der Waals surface area contributed by atoms with Crippen LogP contribution in [-0.2, 0) is 11.3 Å². The first-order chi connectivity index (χ1) is 20.5. The minimum atomic E-state index is -0.457. The van der Waals surface area contributed by atoms with Crippen LogP contribution in [0.3, 0.4) is 0 Å². The van der Waals surface area contributed by atoms with Crippen LogP contribution in [0.15, 0.2) is 101 Å². The summed E-state index contributed by atoms with van der Waals surface area (Å²) in [5.41, 5.74) is 3.27. The van der Waals surface area contributed by atoms with Crippen molar-refractivity contribution in [2.75, 3.05) is 13.2 Å². The first-order valence-electron chi connectivity index (χ1n) is 14.0. The molecule has 6 rings (SSSR count). The van der Waals surface area contributed by atoms with E-state index in [2.05, 4.69) is 46.7 Å². The summed E-state index contributed by atoms with van der Waals surface area (Å²) in [5.74, 6) is 1.60. The number of amidine groups is 2. The van der Waals surface area contributed by atoms with Crippen molar-refractivity contribution in [2.24, 2.45) is 10.1 Å². The number of benzene rings is 3. The van der Waals surface area contributed by atoms with Gasteiger partial charge in [-0.05, 0) is 60.0 Å². The van der Waals surface area contributed by atoms with Gasteiger partial charge in [0.15, 0.2) is 5.84 Å². The molecule has 1 amide bonds. The highest BCUT2D eigenvalue weighted by atomic mass is 32.2. The number of amides is 1. The lowest BCUT2D eigenvalue weighted by atomic mass is 9.98. The van der Waals surface area contributed by atoms with Gasteiger partial charge < -0.3 is 14.0 Å². The van der Waals surface area contributed by atoms with Crippen LogP contribution in [-0.4, -0.2) is 44.7 Å². The van der Waals surface area contributed by atoms with E-state index in [1.165, 1.54) is 22.3 Å². The maximum absolute atomic E-state index is 13.1. The molecule has 0 fully saturated rings. The standard InChI is InChI=1S/C33H31N5O3S/c1-3-22(2)25-13-8-10-16-29(25)40-18-17-37-20-23(26-14-7-9-15-28(26)37)19-27-31(34)38-33(35-32(27)39)42-30(36-38)21-41-24-11-5-4-6-12-24/h4-16,19-20,22,34H,3,17-18,21H2,1-2H3/b27-19-,34-31?/t22-/m1/s1. The fraction of sp³-hybridized carbons (Fsp3) is 0.212. The smallest absolute Gasteiger partial charge is 0.283 e. The molecule has 2 aliphatic heterocycles. The number of carbonyl (C=O) groups is 1. The van der Waals surface area contributed by atoms with Crippen molar-refractivity contribution in [2.45, 2.75) is 32.7 Å². The second kappa shape index (κ2) is 12.1. The number of para-hydroxylation sites is 3. The minimum absolute atomic E-state index is 0.00553. The molecule has 0 unspecified atom stereocenters. The van der Waals surface area contributed by atoms with Crippen LogP contribution in [0, 0.1) is 5.41 Å². The monoisotopic (exact) mass is 577 g/mol. The summed E-state index contributed by atoms with van der Waals surface area (Å²) in [6.45, 7) is 5.74. The molecule has 4 aromatic rings. The van der Waals surface area contributed by atoms with Crippen LogP contribution >= 0.6 is 11.8 Å². The molecule has 42 heavy (non-hydrogen) atoms. The van der Waals surface area contributed by atoms with E-state index in [9.17, 15) is 4.79 Å². The molecule has 0 spiro atoms. The van der Waals surface area contributed by atoms with Gasteiger partial charge in [0.2, 0.25) is 5.17 Å². The highest BCUT2D eigenvalue weighted by molar-refractivity contribution is 8.27. The molecule has 0 aliphatic carbocycles. The number of carbonyl (C=O) groups excluding carboxylic acids is 1. The van der Waals surface area contributed by atoms with Crippen LogP contribution in [0.1, 0.15) is 37.3 Å². The van der Waals surface area contributed by atoms with E-state index in [-0.39, 0.29) is 18.0 Å². The molecule has 9 heteroatoms. The zero-order valence-corrected chi connectivity index (χ0v) is 24.3. The third-order valence-corrected chi connectivity index (χ3v) is 8.26. The Kier molecular flexibility index (Phi) is 7.92. The van der Waals surface area contributed by atoms with E-state index in [4.69, 9.17) is 14.9 Å². The van der Waals surface area contributed by atoms with Gasteiger partial charge in [0.1, 0.15) is 29.8 Å². The topological polar surface area (TPSA) is 92.3 Å². The van der Waals surface area contributed by atoms with Gasteiger partial charge in [0.25, 0.3) is 5.91 Å². The molecule has 1 atom stereocenters. The van der Waals surface area contributed by atoms with Gasteiger partial charge >= 0.3 is 0 Å². The second-order valence-corrected chi connectivity index (χ2v) is 11.1. The van der Waals surface area contributed by atoms with E-state index in [0.29, 0.717) is 29.3 Å².